The van der Waals surface area contributed by atoms with Crippen LogP contribution in [-0.2, 0) is 11.3 Å². The standard InChI is InChI=1S/C16H23N3O.2ClH/c1-11(2)10-19-7-6-13-8-14(4-5-15(13)19)18-16(20)12(3)9-17;;/h4-8,11-12H,9-10,17H2,1-3H3,(H,18,20);2*1H. The Morgan fingerprint density at radius 3 is 2.50 bits per heavy atom. The molecule has 1 unspecified atom stereocenters. The van der Waals surface area contributed by atoms with E-state index >= 15 is 0 Å². The van der Waals surface area contributed by atoms with Crippen molar-refractivity contribution in [1.82, 2.24) is 4.57 Å². The van der Waals surface area contributed by atoms with Gasteiger partial charge in [-0.3, -0.25) is 4.79 Å². The summed E-state index contributed by atoms with van der Waals surface area (Å²) in [5.41, 5.74) is 7.52. The third-order valence-corrected chi connectivity index (χ3v) is 3.40. The second-order valence-electron chi connectivity index (χ2n) is 5.76. The van der Waals surface area contributed by atoms with E-state index in [1.54, 1.807) is 0 Å². The van der Waals surface area contributed by atoms with Crippen LogP contribution in [0.2, 0.25) is 0 Å². The fraction of sp³-hybridized carbons (Fsp3) is 0.438. The lowest BCUT2D eigenvalue weighted by Crippen LogP contribution is -2.26. The second-order valence-corrected chi connectivity index (χ2v) is 5.76. The van der Waals surface area contributed by atoms with Gasteiger partial charge in [0, 0.05) is 41.8 Å². The monoisotopic (exact) mass is 345 g/mol. The minimum absolute atomic E-state index is 0. The van der Waals surface area contributed by atoms with E-state index in [1.165, 1.54) is 5.52 Å². The molecule has 124 valence electrons. The Balaban J connectivity index is 0.00000220. The molecular formula is C16H25Cl2N3O. The topological polar surface area (TPSA) is 60.0 Å². The number of nitrogens with zero attached hydrogens (tertiary/aromatic N) is 1. The van der Waals surface area contributed by atoms with Gasteiger partial charge in [-0.25, -0.2) is 0 Å². The van der Waals surface area contributed by atoms with E-state index in [4.69, 9.17) is 5.73 Å². The molecule has 0 saturated heterocycles. The summed E-state index contributed by atoms with van der Waals surface area (Å²) in [5, 5.41) is 4.05. The van der Waals surface area contributed by atoms with Gasteiger partial charge in [-0.05, 0) is 30.2 Å². The van der Waals surface area contributed by atoms with Crippen molar-refractivity contribution in [1.29, 1.82) is 0 Å². The number of hydrogen-bond acceptors (Lipinski definition) is 2. The quantitative estimate of drug-likeness (QED) is 0.868. The lowest BCUT2D eigenvalue weighted by molar-refractivity contribution is -0.119. The van der Waals surface area contributed by atoms with Gasteiger partial charge in [0.2, 0.25) is 5.91 Å². The van der Waals surface area contributed by atoms with Crippen molar-refractivity contribution < 1.29 is 4.79 Å². The van der Waals surface area contributed by atoms with Crippen molar-refractivity contribution >= 4 is 47.3 Å². The molecule has 3 N–H and O–H groups in total. The van der Waals surface area contributed by atoms with Crippen molar-refractivity contribution in [3.63, 3.8) is 0 Å². The van der Waals surface area contributed by atoms with Gasteiger partial charge in [-0.1, -0.05) is 20.8 Å². The van der Waals surface area contributed by atoms with Crippen molar-refractivity contribution in [3.05, 3.63) is 30.5 Å². The zero-order valence-corrected chi connectivity index (χ0v) is 14.8. The van der Waals surface area contributed by atoms with Crippen LogP contribution in [0.5, 0.6) is 0 Å². The number of halogens is 2. The van der Waals surface area contributed by atoms with Gasteiger partial charge < -0.3 is 15.6 Å². The Morgan fingerprint density at radius 1 is 1.23 bits per heavy atom. The highest BCUT2D eigenvalue weighted by molar-refractivity contribution is 5.95. The summed E-state index contributed by atoms with van der Waals surface area (Å²) in [6.45, 7) is 7.59. The zero-order chi connectivity index (χ0) is 14.7. The lowest BCUT2D eigenvalue weighted by Gasteiger charge is -2.11. The predicted octanol–water partition coefficient (Wildman–Crippen LogP) is 3.67. The van der Waals surface area contributed by atoms with E-state index in [9.17, 15) is 4.79 Å². The van der Waals surface area contributed by atoms with Crippen molar-refractivity contribution in [3.8, 4) is 0 Å². The van der Waals surface area contributed by atoms with Gasteiger partial charge in [-0.2, -0.15) is 0 Å². The molecule has 1 amide bonds. The Morgan fingerprint density at radius 2 is 1.91 bits per heavy atom. The first kappa shape index (κ1) is 20.8. The van der Waals surface area contributed by atoms with Crippen LogP contribution in [0.15, 0.2) is 30.5 Å². The first-order valence-corrected chi connectivity index (χ1v) is 7.11. The van der Waals surface area contributed by atoms with Crippen LogP contribution in [0.4, 0.5) is 5.69 Å². The molecule has 4 nitrogen and oxygen atoms in total. The summed E-state index contributed by atoms with van der Waals surface area (Å²) in [6, 6.07) is 8.09. The maximum atomic E-state index is 11.8. The van der Waals surface area contributed by atoms with E-state index in [1.807, 2.05) is 19.1 Å². The van der Waals surface area contributed by atoms with Gasteiger partial charge in [0.1, 0.15) is 0 Å². The van der Waals surface area contributed by atoms with Gasteiger partial charge >= 0.3 is 0 Å². The Bertz CT molecular complexity index is 610. The Labute approximate surface area is 144 Å². The molecule has 1 atom stereocenters. The third-order valence-electron chi connectivity index (χ3n) is 3.40. The van der Waals surface area contributed by atoms with Gasteiger partial charge in [0.05, 0.1) is 0 Å². The summed E-state index contributed by atoms with van der Waals surface area (Å²) in [7, 11) is 0. The zero-order valence-electron chi connectivity index (χ0n) is 13.2. The van der Waals surface area contributed by atoms with Crippen molar-refractivity contribution in [2.24, 2.45) is 17.6 Å². The van der Waals surface area contributed by atoms with Crippen LogP contribution in [-0.4, -0.2) is 17.0 Å². The maximum Gasteiger partial charge on any atom is 0.228 e. The smallest absolute Gasteiger partial charge is 0.228 e. The molecule has 0 saturated carbocycles. The number of nitrogens with one attached hydrogen (secondary N) is 1. The van der Waals surface area contributed by atoms with Crippen LogP contribution < -0.4 is 11.1 Å². The highest BCUT2D eigenvalue weighted by Crippen LogP contribution is 2.21. The van der Waals surface area contributed by atoms with E-state index in [0.29, 0.717) is 12.5 Å². The van der Waals surface area contributed by atoms with Crippen molar-refractivity contribution in [2.75, 3.05) is 11.9 Å². The first-order valence-electron chi connectivity index (χ1n) is 7.11. The molecule has 0 aliphatic rings. The minimum Gasteiger partial charge on any atom is -0.347 e. The first-order chi connectivity index (χ1) is 9.51. The van der Waals surface area contributed by atoms with Gasteiger partial charge in [-0.15, -0.1) is 24.8 Å². The fourth-order valence-corrected chi connectivity index (χ4v) is 2.20. The molecule has 0 aliphatic carbocycles. The number of rotatable bonds is 5. The largest absolute Gasteiger partial charge is 0.347 e. The Kier molecular flexibility index (Phi) is 8.53. The molecule has 1 heterocycles. The van der Waals surface area contributed by atoms with E-state index in [-0.39, 0.29) is 36.6 Å². The minimum atomic E-state index is -0.170. The van der Waals surface area contributed by atoms with E-state index in [2.05, 4.69) is 42.1 Å². The number of hydrogen-bond donors (Lipinski definition) is 2. The highest BCUT2D eigenvalue weighted by atomic mass is 35.5. The second kappa shape index (κ2) is 9.03. The van der Waals surface area contributed by atoms with Crippen LogP contribution in [0.25, 0.3) is 10.9 Å². The average Bonchev–Trinajstić information content (AvgIpc) is 2.79. The molecule has 0 fully saturated rings. The number of carbonyl (C=O) groups is 1. The summed E-state index contributed by atoms with van der Waals surface area (Å²) >= 11 is 0. The molecule has 0 spiro atoms. The average molecular weight is 346 g/mol. The van der Waals surface area contributed by atoms with Crippen LogP contribution in [0.1, 0.15) is 20.8 Å². The predicted molar refractivity (Wildman–Crippen MR) is 98.1 cm³/mol. The van der Waals surface area contributed by atoms with E-state index < -0.39 is 0 Å². The van der Waals surface area contributed by atoms with Crippen LogP contribution in [0.3, 0.4) is 0 Å². The number of amides is 1. The molecule has 0 aliphatic heterocycles. The lowest BCUT2D eigenvalue weighted by atomic mass is 10.1. The molecule has 0 radical (unpaired) electrons. The molecule has 1 aromatic heterocycles. The summed E-state index contributed by atoms with van der Waals surface area (Å²) in [6.07, 6.45) is 2.10. The Hall–Kier alpha value is -1.23. The summed E-state index contributed by atoms with van der Waals surface area (Å²) in [5.74, 6) is 0.403. The molecule has 6 heteroatoms. The van der Waals surface area contributed by atoms with Crippen LogP contribution >= 0.6 is 24.8 Å². The molecule has 2 rings (SSSR count). The number of carbonyl (C=O) groups excluding carboxylic acids is 1. The fourth-order valence-electron chi connectivity index (χ4n) is 2.20. The SMILES string of the molecule is CC(C)Cn1ccc2cc(NC(=O)C(C)CN)ccc21.Cl.Cl. The number of fused-ring (bicyclic) bond motifs is 1. The van der Waals surface area contributed by atoms with E-state index in [0.717, 1.165) is 17.6 Å². The number of nitrogens with two attached hydrogens (primary N) is 1. The summed E-state index contributed by atoms with van der Waals surface area (Å²) in [4.78, 5) is 11.8. The number of benzene rings is 1. The highest BCUT2D eigenvalue weighted by Gasteiger charge is 2.11. The number of aromatic nitrogens is 1. The number of anilines is 1. The summed E-state index contributed by atoms with van der Waals surface area (Å²) < 4.78 is 2.24. The van der Waals surface area contributed by atoms with Gasteiger partial charge in [0.15, 0.2) is 0 Å². The molecular weight excluding hydrogens is 321 g/mol. The molecule has 0 bridgehead atoms. The van der Waals surface area contributed by atoms with Crippen LogP contribution in [0, 0.1) is 11.8 Å². The molecule has 1 aromatic carbocycles. The third kappa shape index (κ3) is 4.90. The molecule has 2 aromatic rings. The molecule has 22 heavy (non-hydrogen) atoms. The van der Waals surface area contributed by atoms with Gasteiger partial charge in [0.25, 0.3) is 0 Å². The maximum absolute atomic E-state index is 11.8. The van der Waals surface area contributed by atoms with Crippen molar-refractivity contribution in [2.45, 2.75) is 27.3 Å². The normalized spacial score (nSPS) is 11.7.